The topological polar surface area (TPSA) is 66.8 Å². The maximum Gasteiger partial charge on any atom is 0.239 e. The molecule has 3 rings (SSSR count). The van der Waals surface area contributed by atoms with Crippen LogP contribution in [-0.4, -0.2) is 27.2 Å². The van der Waals surface area contributed by atoms with E-state index in [4.69, 9.17) is 16.3 Å². The van der Waals surface area contributed by atoms with E-state index in [2.05, 4.69) is 0 Å². The van der Waals surface area contributed by atoms with Crippen LogP contribution in [0.2, 0.25) is 5.02 Å². The quantitative estimate of drug-likeness (QED) is 0.901. The van der Waals surface area contributed by atoms with Gasteiger partial charge in [0.05, 0.1) is 24.7 Å². The molecule has 7 heteroatoms. The molecular weight excluding hydrogens is 350 g/mol. The standard InChI is InChI=1S/C17H18ClNO4S/c1-23-13-6-7-14-16(10-13)19(9-8-17(14)20)24(21,22)11-12-4-2-3-5-15(12)18/h2-7,10,17,20H,8-9,11H2,1H3. The zero-order valence-electron chi connectivity index (χ0n) is 13.1. The molecule has 0 saturated carbocycles. The van der Waals surface area contributed by atoms with E-state index in [0.29, 0.717) is 34.0 Å². The lowest BCUT2D eigenvalue weighted by molar-refractivity contribution is 0.166. The minimum absolute atomic E-state index is 0.195. The first-order valence-corrected chi connectivity index (χ1v) is 9.51. The van der Waals surface area contributed by atoms with E-state index < -0.39 is 16.1 Å². The Morgan fingerprint density at radius 1 is 1.29 bits per heavy atom. The van der Waals surface area contributed by atoms with Crippen LogP contribution in [0.5, 0.6) is 5.75 Å². The molecule has 0 aliphatic carbocycles. The number of hydrogen-bond acceptors (Lipinski definition) is 4. The molecule has 0 bridgehead atoms. The van der Waals surface area contributed by atoms with Crippen molar-refractivity contribution in [2.75, 3.05) is 18.0 Å². The molecule has 1 aliphatic rings. The number of halogens is 1. The molecule has 1 heterocycles. The number of sulfonamides is 1. The van der Waals surface area contributed by atoms with E-state index >= 15 is 0 Å². The maximum absolute atomic E-state index is 12.9. The third-order valence-electron chi connectivity index (χ3n) is 4.10. The average Bonchev–Trinajstić information content (AvgIpc) is 2.56. The lowest BCUT2D eigenvalue weighted by atomic mass is 10.0. The highest BCUT2D eigenvalue weighted by Crippen LogP contribution is 2.38. The Bertz CT molecular complexity index is 853. The average molecular weight is 368 g/mol. The van der Waals surface area contributed by atoms with Crippen LogP contribution in [0.1, 0.15) is 23.7 Å². The zero-order valence-corrected chi connectivity index (χ0v) is 14.7. The number of methoxy groups -OCH3 is 1. The lowest BCUT2D eigenvalue weighted by Crippen LogP contribution is -2.37. The fourth-order valence-electron chi connectivity index (χ4n) is 2.84. The number of fused-ring (bicyclic) bond motifs is 1. The van der Waals surface area contributed by atoms with Gasteiger partial charge in [-0.1, -0.05) is 35.9 Å². The van der Waals surface area contributed by atoms with Gasteiger partial charge in [-0.15, -0.1) is 0 Å². The fraction of sp³-hybridized carbons (Fsp3) is 0.294. The summed E-state index contributed by atoms with van der Waals surface area (Å²) in [6.45, 7) is 0.216. The molecular formula is C17H18ClNO4S. The van der Waals surface area contributed by atoms with E-state index in [-0.39, 0.29) is 12.3 Å². The second-order valence-corrected chi connectivity index (χ2v) is 7.95. The molecule has 128 valence electrons. The van der Waals surface area contributed by atoms with Gasteiger partial charge >= 0.3 is 0 Å². The highest BCUT2D eigenvalue weighted by atomic mass is 35.5. The van der Waals surface area contributed by atoms with Crippen molar-refractivity contribution in [1.29, 1.82) is 0 Å². The van der Waals surface area contributed by atoms with Crippen LogP contribution in [-0.2, 0) is 15.8 Å². The largest absolute Gasteiger partial charge is 0.497 e. The highest BCUT2D eigenvalue weighted by Gasteiger charge is 2.32. The SMILES string of the molecule is COc1ccc2c(c1)N(S(=O)(=O)Cc1ccccc1Cl)CCC2O. The van der Waals surface area contributed by atoms with Crippen molar-refractivity contribution in [2.45, 2.75) is 18.3 Å². The van der Waals surface area contributed by atoms with E-state index in [1.165, 1.54) is 11.4 Å². The molecule has 2 aromatic rings. The van der Waals surface area contributed by atoms with Gasteiger partial charge < -0.3 is 9.84 Å². The summed E-state index contributed by atoms with van der Waals surface area (Å²) in [7, 11) is -2.12. The van der Waals surface area contributed by atoms with E-state index in [1.807, 2.05) is 0 Å². The number of nitrogens with zero attached hydrogens (tertiary/aromatic N) is 1. The Labute approximate surface area is 146 Å². The van der Waals surface area contributed by atoms with Gasteiger partial charge in [0, 0.05) is 23.2 Å². The van der Waals surface area contributed by atoms with Crippen molar-refractivity contribution in [1.82, 2.24) is 0 Å². The molecule has 1 N–H and O–H groups in total. The monoisotopic (exact) mass is 367 g/mol. The minimum Gasteiger partial charge on any atom is -0.497 e. The van der Waals surface area contributed by atoms with Crippen molar-refractivity contribution < 1.29 is 18.3 Å². The van der Waals surface area contributed by atoms with Gasteiger partial charge in [-0.2, -0.15) is 0 Å². The second-order valence-electron chi connectivity index (χ2n) is 5.65. The minimum atomic E-state index is -3.64. The number of hydrogen-bond donors (Lipinski definition) is 1. The summed E-state index contributed by atoms with van der Waals surface area (Å²) >= 11 is 6.10. The summed E-state index contributed by atoms with van der Waals surface area (Å²) < 4.78 is 32.4. The molecule has 0 saturated heterocycles. The van der Waals surface area contributed by atoms with Gasteiger partial charge in [0.25, 0.3) is 0 Å². The molecule has 0 radical (unpaired) electrons. The van der Waals surface area contributed by atoms with Crippen molar-refractivity contribution in [3.63, 3.8) is 0 Å². The molecule has 2 aromatic carbocycles. The summed E-state index contributed by atoms with van der Waals surface area (Å²) in [5, 5.41) is 10.6. The van der Waals surface area contributed by atoms with Gasteiger partial charge in [-0.25, -0.2) is 8.42 Å². The number of aliphatic hydroxyl groups excluding tert-OH is 1. The van der Waals surface area contributed by atoms with Crippen molar-refractivity contribution in [2.24, 2.45) is 0 Å². The molecule has 1 unspecified atom stereocenters. The summed E-state index contributed by atoms with van der Waals surface area (Å²) in [6.07, 6.45) is -0.334. The Balaban J connectivity index is 2.00. The van der Waals surface area contributed by atoms with Crippen LogP contribution in [0.25, 0.3) is 0 Å². The Morgan fingerprint density at radius 3 is 2.75 bits per heavy atom. The Morgan fingerprint density at radius 2 is 2.04 bits per heavy atom. The van der Waals surface area contributed by atoms with E-state index in [0.717, 1.165) is 0 Å². The molecule has 0 amide bonds. The van der Waals surface area contributed by atoms with Gasteiger partial charge in [-0.3, -0.25) is 4.31 Å². The van der Waals surface area contributed by atoms with Crippen LogP contribution in [0.4, 0.5) is 5.69 Å². The van der Waals surface area contributed by atoms with Gasteiger partial charge in [0.1, 0.15) is 5.75 Å². The van der Waals surface area contributed by atoms with Gasteiger partial charge in [0.2, 0.25) is 10.0 Å². The third kappa shape index (κ3) is 3.22. The highest BCUT2D eigenvalue weighted by molar-refractivity contribution is 7.92. The maximum atomic E-state index is 12.9. The van der Waals surface area contributed by atoms with E-state index in [1.54, 1.807) is 42.5 Å². The summed E-state index contributed by atoms with van der Waals surface area (Å²) in [6, 6.07) is 11.9. The van der Waals surface area contributed by atoms with Gasteiger partial charge in [0.15, 0.2) is 0 Å². The first-order chi connectivity index (χ1) is 11.4. The molecule has 0 aromatic heterocycles. The van der Waals surface area contributed by atoms with Crippen LogP contribution in [0, 0.1) is 0 Å². The van der Waals surface area contributed by atoms with E-state index in [9.17, 15) is 13.5 Å². The molecule has 0 fully saturated rings. The van der Waals surface area contributed by atoms with Crippen molar-refractivity contribution >= 4 is 27.3 Å². The number of ether oxygens (including phenoxy) is 1. The number of aliphatic hydroxyl groups is 1. The van der Waals surface area contributed by atoms with Crippen molar-refractivity contribution in [3.8, 4) is 5.75 Å². The predicted octanol–water partition coefficient (Wildman–Crippen LogP) is 3.12. The molecule has 0 spiro atoms. The molecule has 5 nitrogen and oxygen atoms in total. The summed E-state index contributed by atoms with van der Waals surface area (Å²) in [4.78, 5) is 0. The first kappa shape index (κ1) is 17.1. The lowest BCUT2D eigenvalue weighted by Gasteiger charge is -2.33. The van der Waals surface area contributed by atoms with Crippen LogP contribution >= 0.6 is 11.6 Å². The van der Waals surface area contributed by atoms with Crippen molar-refractivity contribution in [3.05, 3.63) is 58.6 Å². The number of anilines is 1. The zero-order chi connectivity index (χ0) is 17.3. The van der Waals surface area contributed by atoms with Crippen LogP contribution < -0.4 is 9.04 Å². The third-order valence-corrected chi connectivity index (χ3v) is 6.20. The first-order valence-electron chi connectivity index (χ1n) is 7.52. The molecule has 24 heavy (non-hydrogen) atoms. The summed E-state index contributed by atoms with van der Waals surface area (Å²) in [5.41, 5.74) is 1.60. The summed E-state index contributed by atoms with van der Waals surface area (Å²) in [5.74, 6) is 0.347. The van der Waals surface area contributed by atoms with Crippen LogP contribution in [0.15, 0.2) is 42.5 Å². The molecule has 1 atom stereocenters. The molecule has 1 aliphatic heterocycles. The Kier molecular flexibility index (Phi) is 4.71. The second kappa shape index (κ2) is 6.63. The Hall–Kier alpha value is -1.76. The van der Waals surface area contributed by atoms with Gasteiger partial charge in [-0.05, 0) is 24.1 Å². The number of benzene rings is 2. The normalized spacial score (nSPS) is 17.5. The predicted molar refractivity (Wildman–Crippen MR) is 94.0 cm³/mol. The smallest absolute Gasteiger partial charge is 0.239 e. The van der Waals surface area contributed by atoms with Crippen LogP contribution in [0.3, 0.4) is 0 Å². The fourth-order valence-corrected chi connectivity index (χ4v) is 4.77. The number of rotatable bonds is 4.